The molecule has 0 bridgehead atoms. The van der Waals surface area contributed by atoms with E-state index in [9.17, 15) is 9.59 Å². The minimum Gasteiger partial charge on any atom is -0.383 e. The van der Waals surface area contributed by atoms with Crippen molar-refractivity contribution < 1.29 is 0 Å². The Morgan fingerprint density at radius 2 is 1.94 bits per heavy atom. The first-order chi connectivity index (χ1) is 8.56. The van der Waals surface area contributed by atoms with Gasteiger partial charge in [0, 0.05) is 0 Å². The van der Waals surface area contributed by atoms with Gasteiger partial charge >= 0.3 is 5.69 Å². The summed E-state index contributed by atoms with van der Waals surface area (Å²) in [7, 11) is 0. The normalized spacial score (nSPS) is 10.9. The molecule has 2 rings (SSSR count). The number of rotatable bonds is 2. The quantitative estimate of drug-likeness (QED) is 0.693. The molecule has 7 nitrogen and oxygen atoms in total. The Morgan fingerprint density at radius 3 is 2.61 bits per heavy atom. The smallest absolute Gasteiger partial charge is 0.327 e. The summed E-state index contributed by atoms with van der Waals surface area (Å²) >= 11 is 0. The molecule has 0 saturated carbocycles. The predicted octanol–water partition coefficient (Wildman–Crippen LogP) is 1.37. The third-order valence-corrected chi connectivity index (χ3v) is 2.21. The van der Waals surface area contributed by atoms with Gasteiger partial charge in [-0.05, 0) is 24.6 Å². The van der Waals surface area contributed by atoms with Crippen molar-refractivity contribution in [2.24, 2.45) is 10.2 Å². The van der Waals surface area contributed by atoms with E-state index in [2.05, 4.69) is 15.2 Å². The first-order valence-corrected chi connectivity index (χ1v) is 5.17. The van der Waals surface area contributed by atoms with Crippen LogP contribution in [0.15, 0.2) is 44.1 Å². The number of aromatic amines is 2. The first kappa shape index (κ1) is 11.8. The van der Waals surface area contributed by atoms with E-state index in [4.69, 9.17) is 5.73 Å². The van der Waals surface area contributed by atoms with E-state index in [1.165, 1.54) is 0 Å². The van der Waals surface area contributed by atoms with Crippen molar-refractivity contribution in [1.29, 1.82) is 0 Å². The van der Waals surface area contributed by atoms with Crippen molar-refractivity contribution >= 4 is 17.2 Å². The standard InChI is InChI=1S/C11H11N5O2/c1-6-3-2-4-7(5-6)15-16-8-9(12)13-11(18)14-10(8)17/h2-5H,1H3,(H4,12,13,14,17,18). The maximum Gasteiger partial charge on any atom is 0.327 e. The van der Waals surface area contributed by atoms with Gasteiger partial charge in [0.15, 0.2) is 5.69 Å². The number of nitrogens with one attached hydrogen (secondary N) is 2. The number of anilines is 1. The average Bonchev–Trinajstić information content (AvgIpc) is 2.27. The van der Waals surface area contributed by atoms with Crippen LogP contribution >= 0.6 is 0 Å². The zero-order chi connectivity index (χ0) is 13.1. The molecule has 2 aromatic rings. The average molecular weight is 245 g/mol. The van der Waals surface area contributed by atoms with Crippen LogP contribution in [0.2, 0.25) is 0 Å². The summed E-state index contributed by atoms with van der Waals surface area (Å²) < 4.78 is 0. The van der Waals surface area contributed by atoms with Crippen LogP contribution in [0.3, 0.4) is 0 Å². The lowest BCUT2D eigenvalue weighted by molar-refractivity contribution is 1.03. The number of hydrogen-bond donors (Lipinski definition) is 3. The van der Waals surface area contributed by atoms with Gasteiger partial charge in [0.25, 0.3) is 5.56 Å². The van der Waals surface area contributed by atoms with Crippen LogP contribution in [0, 0.1) is 6.92 Å². The molecule has 0 atom stereocenters. The molecule has 7 heteroatoms. The topological polar surface area (TPSA) is 116 Å². The van der Waals surface area contributed by atoms with E-state index in [0.717, 1.165) is 5.56 Å². The van der Waals surface area contributed by atoms with Crippen molar-refractivity contribution in [1.82, 2.24) is 9.97 Å². The van der Waals surface area contributed by atoms with Crippen LogP contribution in [-0.4, -0.2) is 9.97 Å². The number of benzene rings is 1. The van der Waals surface area contributed by atoms with E-state index in [-0.39, 0.29) is 11.5 Å². The molecule has 0 spiro atoms. The highest BCUT2D eigenvalue weighted by atomic mass is 16.2. The van der Waals surface area contributed by atoms with E-state index in [0.29, 0.717) is 5.69 Å². The number of nitrogens with zero attached hydrogens (tertiary/aromatic N) is 2. The molecule has 1 aromatic heterocycles. The summed E-state index contributed by atoms with van der Waals surface area (Å²) in [5.74, 6) is -0.111. The van der Waals surface area contributed by atoms with Gasteiger partial charge in [-0.15, -0.1) is 5.11 Å². The Kier molecular flexibility index (Phi) is 3.05. The number of aryl methyl sites for hydroxylation is 1. The third kappa shape index (κ3) is 2.51. The number of H-pyrrole nitrogens is 2. The molecule has 0 fully saturated rings. The molecule has 18 heavy (non-hydrogen) atoms. The van der Waals surface area contributed by atoms with Crippen LogP contribution in [0.4, 0.5) is 17.2 Å². The molecule has 92 valence electrons. The first-order valence-electron chi connectivity index (χ1n) is 5.17. The summed E-state index contributed by atoms with van der Waals surface area (Å²) in [5.41, 5.74) is 5.64. The Morgan fingerprint density at radius 1 is 1.17 bits per heavy atom. The summed E-state index contributed by atoms with van der Waals surface area (Å²) in [6.07, 6.45) is 0. The van der Waals surface area contributed by atoms with Crippen LogP contribution in [-0.2, 0) is 0 Å². The van der Waals surface area contributed by atoms with Gasteiger partial charge < -0.3 is 5.73 Å². The minimum absolute atomic E-state index is 0.111. The van der Waals surface area contributed by atoms with E-state index >= 15 is 0 Å². The van der Waals surface area contributed by atoms with Gasteiger partial charge in [-0.25, -0.2) is 4.79 Å². The van der Waals surface area contributed by atoms with Crippen molar-refractivity contribution in [3.05, 3.63) is 50.7 Å². The highest BCUT2D eigenvalue weighted by molar-refractivity contribution is 5.54. The molecule has 0 saturated heterocycles. The number of nitrogens with two attached hydrogens (primary N) is 1. The Hall–Kier alpha value is -2.70. The van der Waals surface area contributed by atoms with Gasteiger partial charge in [-0.1, -0.05) is 12.1 Å². The van der Waals surface area contributed by atoms with Gasteiger partial charge in [-0.2, -0.15) is 5.11 Å². The van der Waals surface area contributed by atoms with Crippen molar-refractivity contribution in [3.8, 4) is 0 Å². The van der Waals surface area contributed by atoms with Crippen LogP contribution in [0.5, 0.6) is 0 Å². The highest BCUT2D eigenvalue weighted by Crippen LogP contribution is 2.18. The largest absolute Gasteiger partial charge is 0.383 e. The van der Waals surface area contributed by atoms with Crippen LogP contribution in [0.1, 0.15) is 5.56 Å². The Bertz CT molecular complexity index is 714. The summed E-state index contributed by atoms with van der Waals surface area (Å²) in [6.45, 7) is 1.92. The molecule has 1 aromatic carbocycles. The summed E-state index contributed by atoms with van der Waals surface area (Å²) in [6, 6.07) is 7.29. The molecule has 0 amide bonds. The molecule has 1 heterocycles. The Balaban J connectivity index is 2.41. The monoisotopic (exact) mass is 245 g/mol. The molecule has 0 radical (unpaired) electrons. The van der Waals surface area contributed by atoms with Crippen LogP contribution < -0.4 is 17.0 Å². The highest BCUT2D eigenvalue weighted by Gasteiger charge is 2.04. The van der Waals surface area contributed by atoms with Crippen molar-refractivity contribution in [2.75, 3.05) is 5.73 Å². The summed E-state index contributed by atoms with van der Waals surface area (Å²) in [5, 5.41) is 7.64. The lowest BCUT2D eigenvalue weighted by Gasteiger charge is -1.97. The number of aromatic nitrogens is 2. The molecular weight excluding hydrogens is 234 g/mol. The van der Waals surface area contributed by atoms with Gasteiger partial charge in [0.1, 0.15) is 5.82 Å². The van der Waals surface area contributed by atoms with E-state index in [1.54, 1.807) is 12.1 Å². The Labute approximate surface area is 101 Å². The predicted molar refractivity (Wildman–Crippen MR) is 67.5 cm³/mol. The lowest BCUT2D eigenvalue weighted by Crippen LogP contribution is -2.23. The zero-order valence-corrected chi connectivity index (χ0v) is 9.60. The molecule has 0 aliphatic carbocycles. The fourth-order valence-electron chi connectivity index (χ4n) is 1.39. The maximum atomic E-state index is 11.4. The van der Waals surface area contributed by atoms with Crippen molar-refractivity contribution in [3.63, 3.8) is 0 Å². The number of nitrogen functional groups attached to an aromatic ring is 1. The maximum absolute atomic E-state index is 11.4. The number of azo groups is 1. The molecule has 4 N–H and O–H groups in total. The molecular formula is C11H11N5O2. The van der Waals surface area contributed by atoms with Gasteiger partial charge in [0.05, 0.1) is 5.69 Å². The summed E-state index contributed by atoms with van der Waals surface area (Å²) in [4.78, 5) is 26.6. The SMILES string of the molecule is Cc1cccc(N=Nc2c(N)[nH]c(=O)[nH]c2=O)c1. The van der Waals surface area contributed by atoms with Crippen LogP contribution in [0.25, 0.3) is 0 Å². The molecule has 0 aliphatic rings. The van der Waals surface area contributed by atoms with Gasteiger partial charge in [0.2, 0.25) is 0 Å². The van der Waals surface area contributed by atoms with E-state index < -0.39 is 11.2 Å². The third-order valence-electron chi connectivity index (χ3n) is 2.21. The lowest BCUT2D eigenvalue weighted by atomic mass is 10.2. The fourth-order valence-corrected chi connectivity index (χ4v) is 1.39. The molecule has 0 aliphatic heterocycles. The fraction of sp³-hybridized carbons (Fsp3) is 0.0909. The minimum atomic E-state index is -0.674. The molecule has 0 unspecified atom stereocenters. The van der Waals surface area contributed by atoms with Crippen molar-refractivity contribution in [2.45, 2.75) is 6.92 Å². The zero-order valence-electron chi connectivity index (χ0n) is 9.60. The second-order valence-electron chi connectivity index (χ2n) is 3.71. The second-order valence-corrected chi connectivity index (χ2v) is 3.71. The van der Waals surface area contributed by atoms with Gasteiger partial charge in [-0.3, -0.25) is 14.8 Å². The second kappa shape index (κ2) is 4.66. The number of hydrogen-bond acceptors (Lipinski definition) is 5. The van der Waals surface area contributed by atoms with E-state index in [1.807, 2.05) is 24.0 Å².